The van der Waals surface area contributed by atoms with Gasteiger partial charge in [-0.3, -0.25) is 4.90 Å². The lowest BCUT2D eigenvalue weighted by molar-refractivity contribution is 0.0510. The van der Waals surface area contributed by atoms with Gasteiger partial charge in [0, 0.05) is 44.5 Å². The third-order valence-corrected chi connectivity index (χ3v) is 6.15. The summed E-state index contributed by atoms with van der Waals surface area (Å²) in [5, 5.41) is 5.59. The van der Waals surface area contributed by atoms with Crippen LogP contribution in [0.15, 0.2) is 59.8 Å². The Morgan fingerprint density at radius 1 is 0.963 bits per heavy atom. The van der Waals surface area contributed by atoms with Crippen LogP contribution in [0.3, 0.4) is 0 Å². The number of aromatic nitrogens is 1. The molecule has 0 saturated carbocycles. The number of oxime groups is 1. The highest BCUT2D eigenvalue weighted by Crippen LogP contribution is 2.30. The number of hydrogen-bond acceptors (Lipinski definition) is 6. The predicted octanol–water partition coefficient (Wildman–Crippen LogP) is 3.61. The third-order valence-electron chi connectivity index (χ3n) is 5.33. The Bertz CT molecular complexity index is 947. The molecule has 27 heavy (non-hydrogen) atoms. The molecule has 138 valence electrons. The van der Waals surface area contributed by atoms with Crippen LogP contribution in [0.2, 0.25) is 0 Å². The number of anilines is 1. The summed E-state index contributed by atoms with van der Waals surface area (Å²) >= 11 is 1.59. The lowest BCUT2D eigenvalue weighted by Gasteiger charge is -2.35. The van der Waals surface area contributed by atoms with Crippen molar-refractivity contribution in [3.63, 3.8) is 0 Å². The van der Waals surface area contributed by atoms with E-state index >= 15 is 0 Å². The summed E-state index contributed by atoms with van der Waals surface area (Å²) < 4.78 is 5.96. The van der Waals surface area contributed by atoms with E-state index in [1.165, 1.54) is 15.6 Å². The molecule has 0 amide bonds. The molecule has 2 aliphatic rings. The van der Waals surface area contributed by atoms with E-state index in [0.717, 1.165) is 50.7 Å². The Balaban J connectivity index is 1.16. The largest absolute Gasteiger partial charge is 0.390 e. The van der Waals surface area contributed by atoms with Crippen molar-refractivity contribution in [2.45, 2.75) is 12.5 Å². The fraction of sp³-hybridized carbons (Fsp3) is 0.333. The normalized spacial score (nSPS) is 20.7. The van der Waals surface area contributed by atoms with Crippen molar-refractivity contribution in [1.82, 2.24) is 9.27 Å². The maximum absolute atomic E-state index is 5.70. The second-order valence-electron chi connectivity index (χ2n) is 7.13. The number of fused-ring (bicyclic) bond motifs is 1. The van der Waals surface area contributed by atoms with E-state index in [2.05, 4.69) is 51.4 Å². The summed E-state index contributed by atoms with van der Waals surface area (Å²) in [4.78, 5) is 10.6. The van der Waals surface area contributed by atoms with Crippen LogP contribution in [0.5, 0.6) is 0 Å². The van der Waals surface area contributed by atoms with Crippen molar-refractivity contribution in [3.8, 4) is 0 Å². The Kier molecular flexibility index (Phi) is 4.51. The lowest BCUT2D eigenvalue weighted by atomic mass is 10.0. The van der Waals surface area contributed by atoms with Gasteiger partial charge in [-0.25, -0.2) is 0 Å². The second-order valence-corrected chi connectivity index (χ2v) is 7.93. The quantitative estimate of drug-likeness (QED) is 0.695. The molecule has 0 bridgehead atoms. The highest BCUT2D eigenvalue weighted by atomic mass is 32.1. The van der Waals surface area contributed by atoms with Crippen LogP contribution in [0, 0.1) is 0 Å². The van der Waals surface area contributed by atoms with Crippen LogP contribution in [-0.4, -0.2) is 53.8 Å². The lowest BCUT2D eigenvalue weighted by Crippen LogP contribution is -2.48. The molecule has 1 unspecified atom stereocenters. The van der Waals surface area contributed by atoms with Crippen LogP contribution in [0.25, 0.3) is 10.1 Å². The predicted molar refractivity (Wildman–Crippen MR) is 111 cm³/mol. The smallest absolute Gasteiger partial charge is 0.150 e. The Morgan fingerprint density at radius 2 is 1.74 bits per heavy atom. The standard InChI is InChI=1S/C21H22N4OS/c1-2-6-16(7-3-1)19-14-17(26-22-19)15-24-10-12-25(13-11-24)21-18-8-4-5-9-20(18)27-23-21/h1-9,17H,10-15H2. The van der Waals surface area contributed by atoms with Crippen LogP contribution in [0.4, 0.5) is 5.82 Å². The molecule has 3 aromatic rings. The maximum Gasteiger partial charge on any atom is 0.150 e. The molecule has 0 N–H and O–H groups in total. The molecule has 1 aromatic heterocycles. The fourth-order valence-corrected chi connectivity index (χ4v) is 4.65. The first-order chi connectivity index (χ1) is 13.4. The van der Waals surface area contributed by atoms with Gasteiger partial charge in [0.2, 0.25) is 0 Å². The molecule has 3 heterocycles. The first-order valence-corrected chi connectivity index (χ1v) is 10.2. The van der Waals surface area contributed by atoms with Crippen molar-refractivity contribution in [2.24, 2.45) is 5.16 Å². The molecule has 5 nitrogen and oxygen atoms in total. The van der Waals surface area contributed by atoms with Gasteiger partial charge in [0.1, 0.15) is 11.9 Å². The number of rotatable bonds is 4. The third kappa shape index (κ3) is 3.42. The van der Waals surface area contributed by atoms with E-state index in [9.17, 15) is 0 Å². The van der Waals surface area contributed by atoms with E-state index in [4.69, 9.17) is 9.21 Å². The van der Waals surface area contributed by atoms with Gasteiger partial charge in [0.05, 0.1) is 10.4 Å². The minimum atomic E-state index is 0.159. The SMILES string of the molecule is c1ccc(C2=NOC(CN3CCN(c4nsc5ccccc45)CC3)C2)cc1. The fourth-order valence-electron chi connectivity index (χ4n) is 3.86. The molecule has 6 heteroatoms. The van der Waals surface area contributed by atoms with E-state index < -0.39 is 0 Å². The van der Waals surface area contributed by atoms with E-state index in [-0.39, 0.29) is 6.10 Å². The highest BCUT2D eigenvalue weighted by Gasteiger charge is 2.27. The topological polar surface area (TPSA) is 41.0 Å². The summed E-state index contributed by atoms with van der Waals surface area (Å²) in [6, 6.07) is 18.8. The van der Waals surface area contributed by atoms with Gasteiger partial charge in [-0.2, -0.15) is 4.37 Å². The van der Waals surface area contributed by atoms with Crippen LogP contribution in [0.1, 0.15) is 12.0 Å². The monoisotopic (exact) mass is 378 g/mol. The van der Waals surface area contributed by atoms with Crippen molar-refractivity contribution in [1.29, 1.82) is 0 Å². The highest BCUT2D eigenvalue weighted by molar-refractivity contribution is 7.13. The average Bonchev–Trinajstić information content (AvgIpc) is 3.37. The molecule has 5 rings (SSSR count). The molecule has 2 aliphatic heterocycles. The zero-order valence-corrected chi connectivity index (χ0v) is 15.9. The van der Waals surface area contributed by atoms with Gasteiger partial charge >= 0.3 is 0 Å². The summed E-state index contributed by atoms with van der Waals surface area (Å²) in [6.45, 7) is 5.02. The Morgan fingerprint density at radius 3 is 2.59 bits per heavy atom. The van der Waals surface area contributed by atoms with Gasteiger partial charge in [0.25, 0.3) is 0 Å². The maximum atomic E-state index is 5.70. The summed E-state index contributed by atoms with van der Waals surface area (Å²) in [5.41, 5.74) is 2.23. The Labute approximate surface area is 163 Å². The van der Waals surface area contributed by atoms with Crippen LogP contribution >= 0.6 is 11.5 Å². The summed E-state index contributed by atoms with van der Waals surface area (Å²) in [6.07, 6.45) is 1.05. The van der Waals surface area contributed by atoms with E-state index in [1.54, 1.807) is 11.5 Å². The second kappa shape index (κ2) is 7.29. The molecule has 1 atom stereocenters. The van der Waals surface area contributed by atoms with Crippen molar-refractivity contribution >= 4 is 33.1 Å². The molecular formula is C21H22N4OS. The van der Waals surface area contributed by atoms with Crippen LogP contribution < -0.4 is 4.90 Å². The van der Waals surface area contributed by atoms with Gasteiger partial charge in [-0.1, -0.05) is 47.6 Å². The van der Waals surface area contributed by atoms with Crippen molar-refractivity contribution < 1.29 is 4.84 Å². The first-order valence-electron chi connectivity index (χ1n) is 9.47. The molecule has 1 fully saturated rings. The first kappa shape index (κ1) is 16.7. The molecular weight excluding hydrogens is 356 g/mol. The van der Waals surface area contributed by atoms with Gasteiger partial charge < -0.3 is 9.74 Å². The van der Waals surface area contributed by atoms with E-state index in [0.29, 0.717) is 0 Å². The molecule has 0 aliphatic carbocycles. The van der Waals surface area contributed by atoms with Crippen molar-refractivity contribution in [2.75, 3.05) is 37.6 Å². The summed E-state index contributed by atoms with van der Waals surface area (Å²) in [7, 11) is 0. The van der Waals surface area contributed by atoms with Crippen LogP contribution in [-0.2, 0) is 4.84 Å². The average molecular weight is 379 g/mol. The van der Waals surface area contributed by atoms with Gasteiger partial charge in [0.15, 0.2) is 0 Å². The molecule has 2 aromatic carbocycles. The van der Waals surface area contributed by atoms with Gasteiger partial charge in [-0.05, 0) is 29.2 Å². The van der Waals surface area contributed by atoms with Crippen molar-refractivity contribution in [3.05, 3.63) is 60.2 Å². The molecule has 0 radical (unpaired) electrons. The number of benzene rings is 2. The zero-order valence-electron chi connectivity index (χ0n) is 15.1. The Hall–Kier alpha value is -2.44. The molecule has 1 saturated heterocycles. The number of piperazine rings is 1. The van der Waals surface area contributed by atoms with Gasteiger partial charge in [-0.15, -0.1) is 0 Å². The number of hydrogen-bond donors (Lipinski definition) is 0. The van der Waals surface area contributed by atoms with E-state index in [1.807, 2.05) is 18.2 Å². The zero-order chi connectivity index (χ0) is 18.1. The number of nitrogens with zero attached hydrogens (tertiary/aromatic N) is 4. The minimum absolute atomic E-state index is 0.159. The summed E-state index contributed by atoms with van der Waals surface area (Å²) in [5.74, 6) is 1.14. The minimum Gasteiger partial charge on any atom is -0.390 e. The molecule has 0 spiro atoms.